The molecule has 0 bridgehead atoms. The minimum absolute atomic E-state index is 0.210. The van der Waals surface area contributed by atoms with Gasteiger partial charge in [-0.3, -0.25) is 4.79 Å². The van der Waals surface area contributed by atoms with Crippen molar-refractivity contribution in [1.82, 2.24) is 8.61 Å². The monoisotopic (exact) mass is 537 g/mol. The summed E-state index contributed by atoms with van der Waals surface area (Å²) in [7, 11) is -7.13. The van der Waals surface area contributed by atoms with E-state index in [0.717, 1.165) is 25.7 Å². The summed E-state index contributed by atoms with van der Waals surface area (Å²) < 4.78 is 67.3. The first-order valence-corrected chi connectivity index (χ1v) is 15.3. The second-order valence-corrected chi connectivity index (χ2v) is 13.3. The largest absolute Gasteiger partial charge is 0.326 e. The van der Waals surface area contributed by atoms with Gasteiger partial charge in [0.05, 0.1) is 10.6 Å². The Morgan fingerprint density at radius 1 is 0.806 bits per heavy atom. The first-order chi connectivity index (χ1) is 17.1. The van der Waals surface area contributed by atoms with Crippen molar-refractivity contribution in [3.8, 4) is 0 Å². The topological polar surface area (TPSA) is 104 Å². The molecule has 0 spiro atoms. The molecule has 1 amide bonds. The van der Waals surface area contributed by atoms with Gasteiger partial charge in [0.2, 0.25) is 26.0 Å². The smallest absolute Gasteiger partial charge is 0.243 e. The van der Waals surface area contributed by atoms with Crippen molar-refractivity contribution in [3.05, 3.63) is 59.9 Å². The van der Waals surface area contributed by atoms with Crippen LogP contribution >= 0.6 is 0 Å². The number of anilines is 1. The van der Waals surface area contributed by atoms with Crippen LogP contribution in [0.25, 0.3) is 0 Å². The van der Waals surface area contributed by atoms with E-state index in [0.29, 0.717) is 37.2 Å². The Balaban J connectivity index is 1.30. The Labute approximate surface area is 212 Å². The van der Waals surface area contributed by atoms with Gasteiger partial charge in [-0.05, 0) is 67.6 Å². The average molecular weight is 538 g/mol. The Morgan fingerprint density at radius 3 is 1.97 bits per heavy atom. The van der Waals surface area contributed by atoms with E-state index in [9.17, 15) is 26.0 Å². The van der Waals surface area contributed by atoms with E-state index in [1.165, 1.54) is 45.0 Å². The van der Waals surface area contributed by atoms with Gasteiger partial charge in [0, 0.05) is 37.8 Å². The summed E-state index contributed by atoms with van der Waals surface area (Å²) in [6, 6.07) is 11.6. The van der Waals surface area contributed by atoms with Crippen LogP contribution in [0.4, 0.5) is 10.1 Å². The molecule has 11 heteroatoms. The summed E-state index contributed by atoms with van der Waals surface area (Å²) in [5, 5.41) is 2.83. The van der Waals surface area contributed by atoms with E-state index >= 15 is 0 Å². The van der Waals surface area contributed by atoms with Crippen LogP contribution in [-0.4, -0.2) is 57.5 Å². The summed E-state index contributed by atoms with van der Waals surface area (Å²) >= 11 is 0. The maximum atomic E-state index is 13.1. The van der Waals surface area contributed by atoms with E-state index in [4.69, 9.17) is 0 Å². The van der Waals surface area contributed by atoms with Crippen LogP contribution in [0.5, 0.6) is 0 Å². The van der Waals surface area contributed by atoms with Crippen molar-refractivity contribution in [1.29, 1.82) is 0 Å². The Bertz CT molecular complexity index is 1250. The summed E-state index contributed by atoms with van der Waals surface area (Å²) in [5.74, 6) is -1.19. The number of nitrogens with one attached hydrogen (secondary N) is 1. The summed E-state index contributed by atoms with van der Waals surface area (Å²) in [5.41, 5.74) is 1.01. The molecule has 0 atom stereocenters. The highest BCUT2D eigenvalue weighted by Gasteiger charge is 2.31. The molecule has 0 unspecified atom stereocenters. The molecule has 4 rings (SSSR count). The minimum atomic E-state index is -3.57. The normalized spacial score (nSPS) is 19.0. The highest BCUT2D eigenvalue weighted by atomic mass is 32.2. The first-order valence-electron chi connectivity index (χ1n) is 12.3. The van der Waals surface area contributed by atoms with Crippen LogP contribution < -0.4 is 5.32 Å². The number of hydrogen-bond donors (Lipinski definition) is 1. The first kappa shape index (κ1) is 26.7. The average Bonchev–Trinajstić information content (AvgIpc) is 3.16. The zero-order valence-electron chi connectivity index (χ0n) is 20.1. The highest BCUT2D eigenvalue weighted by Crippen LogP contribution is 2.25. The number of carbonyl (C=O) groups is 1. The van der Waals surface area contributed by atoms with Crippen molar-refractivity contribution < 1.29 is 26.0 Å². The maximum Gasteiger partial charge on any atom is 0.243 e. The number of nitrogens with zero attached hydrogens (tertiary/aromatic N) is 2. The van der Waals surface area contributed by atoms with Crippen LogP contribution in [0, 0.1) is 11.7 Å². The van der Waals surface area contributed by atoms with Gasteiger partial charge in [0.15, 0.2) is 0 Å². The molecule has 2 saturated heterocycles. The summed E-state index contributed by atoms with van der Waals surface area (Å²) in [6.45, 7) is 1.52. The third-order valence-electron chi connectivity index (χ3n) is 6.81. The third kappa shape index (κ3) is 6.50. The molecule has 2 aromatic carbocycles. The van der Waals surface area contributed by atoms with E-state index in [1.54, 1.807) is 12.1 Å². The zero-order valence-corrected chi connectivity index (χ0v) is 21.7. The summed E-state index contributed by atoms with van der Waals surface area (Å²) in [6.07, 6.45) is 4.57. The fraction of sp³-hybridized carbons (Fsp3) is 0.480. The molecular weight excluding hydrogens is 505 g/mol. The number of halogens is 1. The Hall–Kier alpha value is -2.34. The number of hydrogen-bond acceptors (Lipinski definition) is 5. The molecule has 2 heterocycles. The maximum absolute atomic E-state index is 13.1. The van der Waals surface area contributed by atoms with Crippen LogP contribution in [0.2, 0.25) is 0 Å². The molecule has 0 aliphatic carbocycles. The lowest BCUT2D eigenvalue weighted by Gasteiger charge is -2.30. The standard InChI is InChI=1S/C25H32FN3O5S2/c26-22-7-5-20(6-8-22)19-35(31,32)28-17-13-21(14-18-28)25(30)27-23-9-11-24(12-10-23)36(33,34)29-15-3-1-2-4-16-29/h5-12,21H,1-4,13-19H2,(H,27,30). The Kier molecular flexibility index (Phi) is 8.44. The molecule has 36 heavy (non-hydrogen) atoms. The van der Waals surface area contributed by atoms with Crippen molar-refractivity contribution in [3.63, 3.8) is 0 Å². The van der Waals surface area contributed by atoms with Crippen LogP contribution in [0.15, 0.2) is 53.4 Å². The van der Waals surface area contributed by atoms with E-state index in [2.05, 4.69) is 5.32 Å². The van der Waals surface area contributed by atoms with Gasteiger partial charge in [0.25, 0.3) is 0 Å². The van der Waals surface area contributed by atoms with Crippen LogP contribution in [0.1, 0.15) is 44.1 Å². The molecule has 2 aliphatic heterocycles. The number of sulfonamides is 2. The lowest BCUT2D eigenvalue weighted by molar-refractivity contribution is -0.120. The number of piperidine rings is 1. The molecule has 2 aliphatic rings. The van der Waals surface area contributed by atoms with Gasteiger partial charge < -0.3 is 5.32 Å². The molecule has 2 aromatic rings. The molecule has 2 fully saturated rings. The van der Waals surface area contributed by atoms with Gasteiger partial charge in [-0.15, -0.1) is 0 Å². The van der Waals surface area contributed by atoms with Crippen molar-refractivity contribution >= 4 is 31.6 Å². The van der Waals surface area contributed by atoms with Gasteiger partial charge in [-0.2, -0.15) is 4.31 Å². The summed E-state index contributed by atoms with van der Waals surface area (Å²) in [4.78, 5) is 13.0. The van der Waals surface area contributed by atoms with E-state index < -0.39 is 25.9 Å². The molecule has 1 N–H and O–H groups in total. The quantitative estimate of drug-likeness (QED) is 0.582. The predicted molar refractivity (Wildman–Crippen MR) is 136 cm³/mol. The Morgan fingerprint density at radius 2 is 1.39 bits per heavy atom. The zero-order chi connectivity index (χ0) is 25.8. The predicted octanol–water partition coefficient (Wildman–Crippen LogP) is 3.57. The van der Waals surface area contributed by atoms with Crippen molar-refractivity contribution in [2.45, 2.75) is 49.2 Å². The molecule has 8 nitrogen and oxygen atoms in total. The van der Waals surface area contributed by atoms with Crippen molar-refractivity contribution in [2.75, 3.05) is 31.5 Å². The molecule has 0 radical (unpaired) electrons. The lowest BCUT2D eigenvalue weighted by atomic mass is 9.97. The van der Waals surface area contributed by atoms with Gasteiger partial charge in [-0.1, -0.05) is 25.0 Å². The highest BCUT2D eigenvalue weighted by molar-refractivity contribution is 7.89. The minimum Gasteiger partial charge on any atom is -0.326 e. The second kappa shape index (κ2) is 11.4. The number of amides is 1. The number of rotatable bonds is 7. The lowest BCUT2D eigenvalue weighted by Crippen LogP contribution is -2.41. The third-order valence-corrected chi connectivity index (χ3v) is 10.6. The number of benzene rings is 2. The van der Waals surface area contributed by atoms with E-state index in [1.807, 2.05) is 0 Å². The van der Waals surface area contributed by atoms with E-state index in [-0.39, 0.29) is 35.6 Å². The van der Waals surface area contributed by atoms with Gasteiger partial charge in [-0.25, -0.2) is 25.5 Å². The fourth-order valence-corrected chi connectivity index (χ4v) is 7.74. The SMILES string of the molecule is O=C(Nc1ccc(S(=O)(=O)N2CCCCCC2)cc1)C1CCN(S(=O)(=O)Cc2ccc(F)cc2)CC1. The van der Waals surface area contributed by atoms with Crippen molar-refractivity contribution in [2.24, 2.45) is 5.92 Å². The van der Waals surface area contributed by atoms with Gasteiger partial charge >= 0.3 is 0 Å². The molecule has 196 valence electrons. The molecule has 0 saturated carbocycles. The second-order valence-electron chi connectivity index (χ2n) is 9.39. The molecular formula is C25H32FN3O5S2. The van der Waals surface area contributed by atoms with Gasteiger partial charge in [0.1, 0.15) is 5.82 Å². The fourth-order valence-electron chi connectivity index (χ4n) is 4.66. The number of carbonyl (C=O) groups excluding carboxylic acids is 1. The van der Waals surface area contributed by atoms with Crippen LogP contribution in [0.3, 0.4) is 0 Å². The molecule has 0 aromatic heterocycles. The van der Waals surface area contributed by atoms with Crippen LogP contribution in [-0.2, 0) is 30.6 Å².